The van der Waals surface area contributed by atoms with Crippen molar-refractivity contribution in [2.75, 3.05) is 19.8 Å². The lowest BCUT2D eigenvalue weighted by Gasteiger charge is -2.42. The summed E-state index contributed by atoms with van der Waals surface area (Å²) in [5.74, 6) is -2.25. The monoisotopic (exact) mass is 772 g/mol. The Balaban J connectivity index is 1.28. The fourth-order valence-electron chi connectivity index (χ4n) is 6.21. The van der Waals surface area contributed by atoms with Crippen LogP contribution in [0.2, 0.25) is 0 Å². The number of aromatic hydroxyl groups is 2. The van der Waals surface area contributed by atoms with Crippen LogP contribution >= 0.6 is 0 Å². The van der Waals surface area contributed by atoms with Gasteiger partial charge in [0.25, 0.3) is 0 Å². The summed E-state index contributed by atoms with van der Waals surface area (Å²) in [5, 5.41) is 132. The van der Waals surface area contributed by atoms with Gasteiger partial charge in [0.2, 0.25) is 23.8 Å². The van der Waals surface area contributed by atoms with Crippen molar-refractivity contribution >= 4 is 11.0 Å². The van der Waals surface area contributed by atoms with Crippen molar-refractivity contribution in [2.45, 2.75) is 92.1 Å². The fourth-order valence-corrected chi connectivity index (χ4v) is 6.21. The Bertz CT molecular complexity index is 1800. The van der Waals surface area contributed by atoms with Crippen molar-refractivity contribution in [1.29, 1.82) is 0 Å². The van der Waals surface area contributed by atoms with E-state index in [0.29, 0.717) is 0 Å². The van der Waals surface area contributed by atoms with Crippen LogP contribution in [0.4, 0.5) is 0 Å². The van der Waals surface area contributed by atoms with Crippen LogP contribution in [0.5, 0.6) is 23.0 Å². The van der Waals surface area contributed by atoms with Gasteiger partial charge in [0, 0.05) is 17.7 Å². The third-order valence-electron chi connectivity index (χ3n) is 9.31. The summed E-state index contributed by atoms with van der Waals surface area (Å²) in [6, 6.07) is 7.15. The van der Waals surface area contributed by atoms with Gasteiger partial charge in [-0.05, 0) is 24.3 Å². The molecule has 0 bridgehead atoms. The van der Waals surface area contributed by atoms with E-state index in [1.807, 2.05) is 0 Å². The van der Waals surface area contributed by atoms with Gasteiger partial charge in [0.05, 0.1) is 19.8 Å². The number of phenolic OH excluding ortho intramolecular Hbond substituents is 2. The molecule has 3 aromatic rings. The number of hydrogen-bond donors (Lipinski definition) is 13. The molecule has 1 aromatic heterocycles. The second-order valence-corrected chi connectivity index (χ2v) is 12.9. The lowest BCUT2D eigenvalue weighted by atomic mass is 9.98. The first-order chi connectivity index (χ1) is 25.6. The van der Waals surface area contributed by atoms with Crippen LogP contribution in [0, 0.1) is 0 Å². The van der Waals surface area contributed by atoms with E-state index < -0.39 is 140 Å². The molecule has 3 fully saturated rings. The summed E-state index contributed by atoms with van der Waals surface area (Å²) in [7, 11) is 0. The van der Waals surface area contributed by atoms with Gasteiger partial charge in [-0.2, -0.15) is 0 Å². The molecule has 298 valence electrons. The van der Waals surface area contributed by atoms with Crippen LogP contribution in [0.15, 0.2) is 45.6 Å². The topological polar surface area (TPSA) is 349 Å². The quantitative estimate of drug-likeness (QED) is 0.0918. The number of hydrogen-bond acceptors (Lipinski definition) is 21. The molecule has 0 amide bonds. The van der Waals surface area contributed by atoms with Crippen molar-refractivity contribution in [1.82, 2.24) is 0 Å². The molecular formula is C33H40O21. The predicted octanol–water partition coefficient (Wildman–Crippen LogP) is -4.95. The molecule has 0 spiro atoms. The lowest BCUT2D eigenvalue weighted by molar-refractivity contribution is -0.323. The van der Waals surface area contributed by atoms with Crippen LogP contribution in [-0.4, -0.2) is 178 Å². The zero-order valence-corrected chi connectivity index (χ0v) is 27.8. The highest BCUT2D eigenvalue weighted by Gasteiger charge is 2.49. The van der Waals surface area contributed by atoms with Gasteiger partial charge in [0.15, 0.2) is 12.1 Å². The molecule has 54 heavy (non-hydrogen) atoms. The van der Waals surface area contributed by atoms with Crippen LogP contribution in [0.3, 0.4) is 0 Å². The Morgan fingerprint density at radius 1 is 0.593 bits per heavy atom. The van der Waals surface area contributed by atoms with Crippen LogP contribution in [0.1, 0.15) is 0 Å². The first kappa shape index (κ1) is 39.9. The highest BCUT2D eigenvalue weighted by atomic mass is 16.7. The number of fused-ring (bicyclic) bond motifs is 1. The molecule has 0 aliphatic carbocycles. The highest BCUT2D eigenvalue weighted by Crippen LogP contribution is 2.38. The van der Waals surface area contributed by atoms with Gasteiger partial charge < -0.3 is 99.2 Å². The predicted molar refractivity (Wildman–Crippen MR) is 173 cm³/mol. The average molecular weight is 773 g/mol. The summed E-state index contributed by atoms with van der Waals surface area (Å²) in [6.45, 7) is -2.16. The molecule has 0 saturated carbocycles. The Kier molecular flexibility index (Phi) is 11.9. The van der Waals surface area contributed by atoms with Crippen LogP contribution in [0.25, 0.3) is 22.3 Å². The van der Waals surface area contributed by atoms with Gasteiger partial charge >= 0.3 is 0 Å². The van der Waals surface area contributed by atoms with Gasteiger partial charge in [-0.1, -0.05) is 0 Å². The molecule has 3 saturated heterocycles. The molecule has 6 rings (SSSR count). The second-order valence-electron chi connectivity index (χ2n) is 12.9. The average Bonchev–Trinajstić information content (AvgIpc) is 3.15. The SMILES string of the molecule is O=c1c(O[C@@H]2OC(CO[C@@H]3OC(CO)[C@@H](O)[C@H](O)C3O)[C@@H](O)[C@H](O)C2O)c(-c2ccc(O[C@@H]3O[C@H](CO)[C@@H](O)C(O)C3O)cc2)oc2cc(O)cc(O)c12. The minimum Gasteiger partial charge on any atom is -0.508 e. The van der Waals surface area contributed by atoms with E-state index in [4.69, 9.17) is 32.8 Å². The van der Waals surface area contributed by atoms with Crippen LogP contribution in [-0.2, 0) is 18.9 Å². The first-order valence-corrected chi connectivity index (χ1v) is 16.5. The minimum atomic E-state index is -2.03. The fraction of sp³-hybridized carbons (Fsp3) is 0.545. The summed E-state index contributed by atoms with van der Waals surface area (Å²) in [6.07, 6.45) is -25.5. The molecule has 2 aromatic carbocycles. The zero-order valence-electron chi connectivity index (χ0n) is 27.8. The molecule has 3 aliphatic rings. The summed E-state index contributed by atoms with van der Waals surface area (Å²) < 4.78 is 39.0. The van der Waals surface area contributed by atoms with Crippen molar-refractivity contribution in [3.05, 3.63) is 46.6 Å². The summed E-state index contributed by atoms with van der Waals surface area (Å²) in [4.78, 5) is 13.9. The first-order valence-electron chi connectivity index (χ1n) is 16.5. The van der Waals surface area contributed by atoms with E-state index in [1.54, 1.807) is 0 Å². The number of aliphatic hydroxyl groups is 11. The molecule has 21 nitrogen and oxygen atoms in total. The normalized spacial score (nSPS) is 37.3. The number of rotatable bonds is 10. The minimum absolute atomic E-state index is 0.0226. The number of ether oxygens (including phenoxy) is 6. The molecule has 13 N–H and O–H groups in total. The Hall–Kier alpha value is -3.75. The third-order valence-corrected chi connectivity index (χ3v) is 9.31. The number of benzene rings is 2. The zero-order chi connectivity index (χ0) is 39.2. The van der Waals surface area contributed by atoms with Crippen LogP contribution < -0.4 is 14.9 Å². The lowest BCUT2D eigenvalue weighted by Crippen LogP contribution is -2.62. The van der Waals surface area contributed by atoms with E-state index in [9.17, 15) is 71.2 Å². The molecule has 15 atom stereocenters. The van der Waals surface area contributed by atoms with Gasteiger partial charge in [-0.15, -0.1) is 0 Å². The maximum atomic E-state index is 13.9. The van der Waals surface area contributed by atoms with Crippen molar-refractivity contribution < 1.29 is 99.2 Å². The standard InChI is InChI=1S/C33H40O21/c34-7-15-19(38)23(42)26(45)31(51-15)48-9-17-21(40)25(44)28(47)33(53-17)54-30-22(41)18-13(37)5-11(36)6-14(18)50-29(30)10-1-3-12(4-2-10)49-32-27(46)24(43)20(39)16(8-35)52-32/h1-6,15-17,19-21,23-28,31-40,42-47H,7-9H2/t15?,16-,17?,19-,20-,21-,23+,24?,25+,26?,27?,28?,31-,32-,33+/m1/s1. The molecule has 6 unspecified atom stereocenters. The van der Waals surface area contributed by atoms with E-state index in [2.05, 4.69) is 0 Å². The summed E-state index contributed by atoms with van der Waals surface area (Å²) >= 11 is 0. The highest BCUT2D eigenvalue weighted by molar-refractivity contribution is 5.88. The van der Waals surface area contributed by atoms with Crippen molar-refractivity contribution in [3.63, 3.8) is 0 Å². The molecular weight excluding hydrogens is 732 g/mol. The summed E-state index contributed by atoms with van der Waals surface area (Å²) in [5.41, 5.74) is -1.29. The Labute approximate surface area is 303 Å². The maximum Gasteiger partial charge on any atom is 0.239 e. The van der Waals surface area contributed by atoms with Gasteiger partial charge in [-0.25, -0.2) is 0 Å². The van der Waals surface area contributed by atoms with Crippen molar-refractivity contribution in [3.8, 4) is 34.3 Å². The second kappa shape index (κ2) is 16.2. The molecule has 4 heterocycles. The smallest absolute Gasteiger partial charge is 0.239 e. The number of aliphatic hydroxyl groups excluding tert-OH is 11. The number of phenols is 2. The van der Waals surface area contributed by atoms with Crippen molar-refractivity contribution in [2.24, 2.45) is 0 Å². The largest absolute Gasteiger partial charge is 0.508 e. The third kappa shape index (κ3) is 7.58. The molecule has 0 radical (unpaired) electrons. The Morgan fingerprint density at radius 3 is 1.67 bits per heavy atom. The molecule has 21 heteroatoms. The van der Waals surface area contributed by atoms with Gasteiger partial charge in [-0.3, -0.25) is 4.79 Å². The van der Waals surface area contributed by atoms with E-state index in [1.165, 1.54) is 24.3 Å². The van der Waals surface area contributed by atoms with E-state index in [0.717, 1.165) is 12.1 Å². The van der Waals surface area contributed by atoms with Gasteiger partial charge in [0.1, 0.15) is 101 Å². The van der Waals surface area contributed by atoms with E-state index >= 15 is 0 Å². The molecule has 3 aliphatic heterocycles. The Morgan fingerprint density at radius 2 is 1.09 bits per heavy atom. The maximum absolute atomic E-state index is 13.9. The van der Waals surface area contributed by atoms with E-state index in [-0.39, 0.29) is 22.7 Å².